The first-order valence-electron chi connectivity index (χ1n) is 11.6. The molecule has 0 unspecified atom stereocenters. The van der Waals surface area contributed by atoms with Gasteiger partial charge in [0.1, 0.15) is 11.4 Å². The Morgan fingerprint density at radius 1 is 1.27 bits per heavy atom. The number of unbranched alkanes of at least 4 members (excludes halogenated alkanes) is 1. The van der Waals surface area contributed by atoms with Crippen LogP contribution >= 0.6 is 0 Å². The normalized spacial score (nSPS) is 18.0. The molecule has 33 heavy (non-hydrogen) atoms. The number of nitrogens with one attached hydrogen (secondary N) is 1. The van der Waals surface area contributed by atoms with Crippen molar-refractivity contribution in [2.45, 2.75) is 71.4 Å². The molecule has 0 radical (unpaired) electrons. The summed E-state index contributed by atoms with van der Waals surface area (Å²) < 4.78 is 12.9. The highest BCUT2D eigenvalue weighted by Gasteiger charge is 2.28. The minimum atomic E-state index is -0.759. The summed E-state index contributed by atoms with van der Waals surface area (Å²) in [6.07, 6.45) is 4.69. The second kappa shape index (κ2) is 11.6. The lowest BCUT2D eigenvalue weighted by Crippen LogP contribution is -2.29. The van der Waals surface area contributed by atoms with Crippen molar-refractivity contribution in [3.05, 3.63) is 23.5 Å². The fourth-order valence-corrected chi connectivity index (χ4v) is 3.93. The maximum atomic E-state index is 11.9. The van der Waals surface area contributed by atoms with E-state index in [1.54, 1.807) is 11.7 Å². The lowest BCUT2D eigenvalue weighted by Gasteiger charge is -2.28. The first-order chi connectivity index (χ1) is 15.9. The Labute approximate surface area is 193 Å². The van der Waals surface area contributed by atoms with Gasteiger partial charge in [0.25, 0.3) is 0 Å². The molecule has 3 rings (SSSR count). The number of aromatic nitrogens is 4. The lowest BCUT2D eigenvalue weighted by molar-refractivity contribution is -0.143. The van der Waals surface area contributed by atoms with Gasteiger partial charge in [-0.1, -0.05) is 25.5 Å². The molecule has 1 fully saturated rings. The number of pyridine rings is 1. The molecule has 180 valence electrons. The number of hydrogen-bond donors (Lipinski definition) is 2. The van der Waals surface area contributed by atoms with Crippen molar-refractivity contribution in [3.63, 3.8) is 0 Å². The van der Waals surface area contributed by atoms with E-state index >= 15 is 0 Å². The number of amides is 1. The minimum Gasteiger partial charge on any atom is -0.488 e. The average Bonchev–Trinajstić information content (AvgIpc) is 3.18. The van der Waals surface area contributed by atoms with Gasteiger partial charge >= 0.3 is 12.1 Å². The maximum absolute atomic E-state index is 11.9. The quantitative estimate of drug-likeness (QED) is 0.517. The number of carbonyl (C=O) groups is 2. The third-order valence-corrected chi connectivity index (χ3v) is 5.85. The van der Waals surface area contributed by atoms with Crippen LogP contribution in [0.3, 0.4) is 0 Å². The summed E-state index contributed by atoms with van der Waals surface area (Å²) in [5.41, 5.74) is 2.70. The predicted octanol–water partition coefficient (Wildman–Crippen LogP) is 3.49. The number of aryl methyl sites for hydroxylation is 2. The molecular formula is C23H33N5O5. The van der Waals surface area contributed by atoms with Gasteiger partial charge in [-0.15, -0.1) is 5.10 Å². The number of carbonyl (C=O) groups excluding carboxylic acids is 1. The first-order valence-corrected chi connectivity index (χ1v) is 11.6. The molecule has 0 aromatic carbocycles. The van der Waals surface area contributed by atoms with E-state index in [9.17, 15) is 14.7 Å². The standard InChI is InChI=1S/C23H33N5O5/c1-4-6-12-32-23(31)24-14-19-21(26-27-28(19)3)18-10-11-20(17(5-2)25-18)33-16-9-7-8-15(13-16)22(29)30/h10-11,15-16H,4-9,12-14H2,1-3H3,(H,24,31)(H,29,30)/t15-,16-/m0/s1. The Morgan fingerprint density at radius 3 is 2.82 bits per heavy atom. The third kappa shape index (κ3) is 6.43. The number of hydrogen-bond acceptors (Lipinski definition) is 7. The van der Waals surface area contributed by atoms with Crippen LogP contribution < -0.4 is 10.1 Å². The molecule has 2 aromatic heterocycles. The van der Waals surface area contributed by atoms with E-state index in [1.165, 1.54) is 0 Å². The largest absolute Gasteiger partial charge is 0.488 e. The second-order valence-electron chi connectivity index (χ2n) is 8.29. The number of carboxylic acids is 1. The molecule has 1 aliphatic carbocycles. The Kier molecular flexibility index (Phi) is 8.62. The predicted molar refractivity (Wildman–Crippen MR) is 121 cm³/mol. The van der Waals surface area contributed by atoms with E-state index < -0.39 is 12.1 Å². The van der Waals surface area contributed by atoms with Crippen molar-refractivity contribution in [2.24, 2.45) is 13.0 Å². The van der Waals surface area contributed by atoms with E-state index in [2.05, 4.69) is 15.6 Å². The van der Waals surface area contributed by atoms with Crippen molar-refractivity contribution in [3.8, 4) is 17.1 Å². The molecule has 1 saturated carbocycles. The summed E-state index contributed by atoms with van der Waals surface area (Å²) in [4.78, 5) is 28.0. The van der Waals surface area contributed by atoms with E-state index in [4.69, 9.17) is 14.5 Å². The molecule has 1 aliphatic rings. The van der Waals surface area contributed by atoms with E-state index in [1.807, 2.05) is 26.0 Å². The topological polar surface area (TPSA) is 128 Å². The van der Waals surface area contributed by atoms with Crippen molar-refractivity contribution < 1.29 is 24.2 Å². The van der Waals surface area contributed by atoms with Gasteiger partial charge in [0.05, 0.1) is 42.3 Å². The van der Waals surface area contributed by atoms with Gasteiger partial charge in [-0.05, 0) is 50.7 Å². The Hall–Kier alpha value is -3.17. The molecular weight excluding hydrogens is 426 g/mol. The molecule has 10 nitrogen and oxygen atoms in total. The summed E-state index contributed by atoms with van der Waals surface area (Å²) in [5.74, 6) is -0.449. The SMILES string of the molecule is CCCCOC(=O)NCc1c(-c2ccc(O[C@H]3CCC[C@H](C(=O)O)C3)c(CC)n2)nnn1C. The van der Waals surface area contributed by atoms with Crippen LogP contribution in [0, 0.1) is 5.92 Å². The van der Waals surface area contributed by atoms with Crippen molar-refractivity contribution in [1.29, 1.82) is 0 Å². The Balaban J connectivity index is 1.71. The zero-order chi connectivity index (χ0) is 23.8. The zero-order valence-electron chi connectivity index (χ0n) is 19.5. The number of aliphatic carboxylic acids is 1. The molecule has 10 heteroatoms. The number of carboxylic acid groups (broad SMARTS) is 1. The van der Waals surface area contributed by atoms with Crippen LogP contribution in [0.25, 0.3) is 11.4 Å². The number of nitrogens with zero attached hydrogens (tertiary/aromatic N) is 4. The van der Waals surface area contributed by atoms with Crippen LogP contribution in [0.2, 0.25) is 0 Å². The van der Waals surface area contributed by atoms with Crippen molar-refractivity contribution >= 4 is 12.1 Å². The molecule has 2 heterocycles. The van der Waals surface area contributed by atoms with E-state index in [0.29, 0.717) is 48.7 Å². The zero-order valence-corrected chi connectivity index (χ0v) is 19.5. The Bertz CT molecular complexity index is 961. The highest BCUT2D eigenvalue weighted by Crippen LogP contribution is 2.31. The second-order valence-corrected chi connectivity index (χ2v) is 8.29. The van der Waals surface area contributed by atoms with Gasteiger partial charge in [-0.2, -0.15) is 0 Å². The van der Waals surface area contributed by atoms with Crippen molar-refractivity contribution in [2.75, 3.05) is 6.61 Å². The molecule has 0 spiro atoms. The maximum Gasteiger partial charge on any atom is 0.407 e. The third-order valence-electron chi connectivity index (χ3n) is 5.85. The van der Waals surface area contributed by atoms with Gasteiger partial charge < -0.3 is 19.9 Å². The molecule has 1 amide bonds. The van der Waals surface area contributed by atoms with Crippen LogP contribution in [0.4, 0.5) is 4.79 Å². The van der Waals surface area contributed by atoms with Crippen LogP contribution in [-0.4, -0.2) is 49.9 Å². The summed E-state index contributed by atoms with van der Waals surface area (Å²) in [5, 5.41) is 20.4. The molecule has 2 N–H and O–H groups in total. The van der Waals surface area contributed by atoms with Gasteiger partial charge in [0, 0.05) is 7.05 Å². The molecule has 2 aromatic rings. The summed E-state index contributed by atoms with van der Waals surface area (Å²) >= 11 is 0. The van der Waals surface area contributed by atoms with E-state index in [0.717, 1.165) is 31.4 Å². The van der Waals surface area contributed by atoms with Gasteiger partial charge in [-0.25, -0.2) is 14.5 Å². The van der Waals surface area contributed by atoms with Crippen LogP contribution in [0.15, 0.2) is 12.1 Å². The Morgan fingerprint density at radius 2 is 2.09 bits per heavy atom. The van der Waals surface area contributed by atoms with Crippen LogP contribution in [-0.2, 0) is 29.5 Å². The number of rotatable bonds is 10. The summed E-state index contributed by atoms with van der Waals surface area (Å²) in [6.45, 7) is 4.62. The molecule has 0 aliphatic heterocycles. The number of ether oxygens (including phenoxy) is 2. The van der Waals surface area contributed by atoms with Gasteiger partial charge in [-0.3, -0.25) is 4.79 Å². The summed E-state index contributed by atoms with van der Waals surface area (Å²) in [7, 11) is 1.76. The fourth-order valence-electron chi connectivity index (χ4n) is 3.93. The highest BCUT2D eigenvalue weighted by atomic mass is 16.5. The van der Waals surface area contributed by atoms with Crippen LogP contribution in [0.1, 0.15) is 63.8 Å². The van der Waals surface area contributed by atoms with Gasteiger partial charge in [0.2, 0.25) is 0 Å². The number of alkyl carbamates (subject to hydrolysis) is 1. The van der Waals surface area contributed by atoms with E-state index in [-0.39, 0.29) is 18.6 Å². The monoisotopic (exact) mass is 459 g/mol. The first kappa shape index (κ1) is 24.5. The molecule has 2 atom stereocenters. The molecule has 0 saturated heterocycles. The lowest BCUT2D eigenvalue weighted by atomic mass is 9.87. The van der Waals surface area contributed by atoms with Gasteiger partial charge in [0.15, 0.2) is 0 Å². The smallest absolute Gasteiger partial charge is 0.407 e. The highest BCUT2D eigenvalue weighted by molar-refractivity contribution is 5.70. The fraction of sp³-hybridized carbons (Fsp3) is 0.609. The summed E-state index contributed by atoms with van der Waals surface area (Å²) in [6, 6.07) is 3.68. The van der Waals surface area contributed by atoms with Crippen LogP contribution in [0.5, 0.6) is 5.75 Å². The average molecular weight is 460 g/mol. The van der Waals surface area contributed by atoms with Crippen molar-refractivity contribution in [1.82, 2.24) is 25.3 Å². The molecule has 0 bridgehead atoms. The minimum absolute atomic E-state index is 0.132.